The number of nitrogens with zero attached hydrogens (tertiary/aromatic N) is 2. The van der Waals surface area contributed by atoms with Gasteiger partial charge in [-0.25, -0.2) is 8.78 Å². The van der Waals surface area contributed by atoms with Gasteiger partial charge in [0.15, 0.2) is 5.72 Å². The molecule has 0 amide bonds. The van der Waals surface area contributed by atoms with Crippen LogP contribution in [0.2, 0.25) is 0 Å². The van der Waals surface area contributed by atoms with Crippen molar-refractivity contribution in [1.82, 2.24) is 0 Å². The van der Waals surface area contributed by atoms with Crippen LogP contribution in [0.3, 0.4) is 0 Å². The molecule has 110 valence electrons. The Balaban J connectivity index is 2.15. The average Bonchev–Trinajstić information content (AvgIpc) is 2.46. The van der Waals surface area contributed by atoms with Crippen LogP contribution >= 0.6 is 0 Å². The van der Waals surface area contributed by atoms with Crippen LogP contribution in [0, 0.1) is 11.6 Å². The fourth-order valence-electron chi connectivity index (χ4n) is 1.83. The minimum absolute atomic E-state index is 0.318. The molecule has 0 spiro atoms. The molecule has 3 nitrogen and oxygen atoms in total. The molecule has 2 atom stereocenters. The quantitative estimate of drug-likeness (QED) is 0.836. The zero-order valence-corrected chi connectivity index (χ0v) is 11.8. The number of aliphatic hydroxyl groups is 1. The Kier molecular flexibility index (Phi) is 4.43. The minimum Gasteiger partial charge on any atom is -0.364 e. The van der Waals surface area contributed by atoms with Crippen LogP contribution in [0.5, 0.6) is 0 Å². The van der Waals surface area contributed by atoms with Gasteiger partial charge < -0.3 is 5.11 Å². The molecular formula is C16H16F2N2O. The Labute approximate surface area is 122 Å². The van der Waals surface area contributed by atoms with Crippen LogP contribution in [0.25, 0.3) is 0 Å². The topological polar surface area (TPSA) is 45.0 Å². The summed E-state index contributed by atoms with van der Waals surface area (Å²) >= 11 is 0. The van der Waals surface area contributed by atoms with Gasteiger partial charge in [-0.1, -0.05) is 24.3 Å². The summed E-state index contributed by atoms with van der Waals surface area (Å²) in [5, 5.41) is 18.2. The van der Waals surface area contributed by atoms with Crippen molar-refractivity contribution in [2.24, 2.45) is 10.2 Å². The van der Waals surface area contributed by atoms with Gasteiger partial charge in [-0.3, -0.25) is 0 Å². The SMILES string of the molecule is CC(/N=N/C(C)(O)c1ccc(F)cc1)c1ccc(F)cc1. The average molecular weight is 290 g/mol. The molecule has 21 heavy (non-hydrogen) atoms. The highest BCUT2D eigenvalue weighted by molar-refractivity contribution is 5.22. The van der Waals surface area contributed by atoms with E-state index in [2.05, 4.69) is 10.2 Å². The van der Waals surface area contributed by atoms with E-state index >= 15 is 0 Å². The maximum absolute atomic E-state index is 12.9. The second-order valence-electron chi connectivity index (χ2n) is 4.97. The van der Waals surface area contributed by atoms with Crippen molar-refractivity contribution < 1.29 is 13.9 Å². The molecular weight excluding hydrogens is 274 g/mol. The van der Waals surface area contributed by atoms with E-state index in [1.807, 2.05) is 0 Å². The van der Waals surface area contributed by atoms with Gasteiger partial charge in [0.05, 0.1) is 6.04 Å². The van der Waals surface area contributed by atoms with Crippen molar-refractivity contribution in [1.29, 1.82) is 0 Å². The monoisotopic (exact) mass is 290 g/mol. The number of hydrogen-bond acceptors (Lipinski definition) is 3. The van der Waals surface area contributed by atoms with Crippen molar-refractivity contribution in [2.75, 3.05) is 0 Å². The fourth-order valence-corrected chi connectivity index (χ4v) is 1.83. The maximum Gasteiger partial charge on any atom is 0.199 e. The second-order valence-corrected chi connectivity index (χ2v) is 4.97. The van der Waals surface area contributed by atoms with Gasteiger partial charge in [-0.2, -0.15) is 10.2 Å². The molecule has 0 bridgehead atoms. The predicted octanol–water partition coefficient (Wildman–Crippen LogP) is 4.34. The summed E-state index contributed by atoms with van der Waals surface area (Å²) in [6.45, 7) is 3.26. The molecule has 2 aromatic rings. The van der Waals surface area contributed by atoms with Crippen LogP contribution in [0.4, 0.5) is 8.78 Å². The highest BCUT2D eigenvalue weighted by Gasteiger charge is 2.22. The first-order valence-corrected chi connectivity index (χ1v) is 6.54. The Hall–Kier alpha value is -2.14. The van der Waals surface area contributed by atoms with Crippen LogP contribution in [0.15, 0.2) is 58.8 Å². The molecule has 5 heteroatoms. The smallest absolute Gasteiger partial charge is 0.199 e. The highest BCUT2D eigenvalue weighted by atomic mass is 19.1. The van der Waals surface area contributed by atoms with Gasteiger partial charge in [0.25, 0.3) is 0 Å². The van der Waals surface area contributed by atoms with E-state index in [0.717, 1.165) is 5.56 Å². The lowest BCUT2D eigenvalue weighted by Gasteiger charge is -2.18. The summed E-state index contributed by atoms with van der Waals surface area (Å²) in [6, 6.07) is 11.0. The van der Waals surface area contributed by atoms with E-state index in [9.17, 15) is 13.9 Å². The number of rotatable bonds is 4. The molecule has 2 aromatic carbocycles. The second kappa shape index (κ2) is 6.10. The lowest BCUT2D eigenvalue weighted by molar-refractivity contribution is 0.0572. The normalized spacial score (nSPS) is 15.9. The van der Waals surface area contributed by atoms with E-state index in [-0.39, 0.29) is 17.7 Å². The molecule has 2 rings (SSSR count). The molecule has 0 aliphatic rings. The third-order valence-corrected chi connectivity index (χ3v) is 3.17. The van der Waals surface area contributed by atoms with Gasteiger partial charge in [-0.05, 0) is 43.7 Å². The molecule has 0 aliphatic heterocycles. The van der Waals surface area contributed by atoms with Crippen molar-refractivity contribution in [2.45, 2.75) is 25.6 Å². The van der Waals surface area contributed by atoms with E-state index in [0.29, 0.717) is 5.56 Å². The Morgan fingerprint density at radius 3 is 1.95 bits per heavy atom. The zero-order chi connectivity index (χ0) is 15.5. The number of benzene rings is 2. The van der Waals surface area contributed by atoms with Crippen molar-refractivity contribution >= 4 is 0 Å². The van der Waals surface area contributed by atoms with Gasteiger partial charge in [0, 0.05) is 5.56 Å². The van der Waals surface area contributed by atoms with Crippen LogP contribution in [0.1, 0.15) is 31.0 Å². The van der Waals surface area contributed by atoms with Crippen molar-refractivity contribution in [3.05, 3.63) is 71.3 Å². The first-order chi connectivity index (χ1) is 9.88. The van der Waals surface area contributed by atoms with Gasteiger partial charge in [-0.15, -0.1) is 0 Å². The van der Waals surface area contributed by atoms with E-state index in [1.165, 1.54) is 43.3 Å². The molecule has 0 saturated heterocycles. The standard InChI is InChI=1S/C16H16F2N2O/c1-11(12-3-7-14(17)8-4-12)19-20-16(2,21)13-5-9-15(18)10-6-13/h3-11,21H,1-2H3/b20-19+. The summed E-state index contributed by atoms with van der Waals surface area (Å²) in [4.78, 5) is 0. The van der Waals surface area contributed by atoms with E-state index in [1.54, 1.807) is 19.1 Å². The summed E-state index contributed by atoms with van der Waals surface area (Å²) in [6.07, 6.45) is 0. The Bertz CT molecular complexity index is 622. The third kappa shape index (κ3) is 3.92. The molecule has 0 fully saturated rings. The predicted molar refractivity (Wildman–Crippen MR) is 75.6 cm³/mol. The first-order valence-electron chi connectivity index (χ1n) is 6.54. The number of halogens is 2. The zero-order valence-electron chi connectivity index (χ0n) is 11.8. The maximum atomic E-state index is 12.9. The molecule has 0 radical (unpaired) electrons. The molecule has 0 aromatic heterocycles. The Morgan fingerprint density at radius 1 is 0.952 bits per heavy atom. The number of azo groups is 1. The number of hydrogen-bond donors (Lipinski definition) is 1. The van der Waals surface area contributed by atoms with E-state index in [4.69, 9.17) is 0 Å². The molecule has 0 saturated carbocycles. The van der Waals surface area contributed by atoms with Crippen LogP contribution < -0.4 is 0 Å². The lowest BCUT2D eigenvalue weighted by atomic mass is 10.1. The third-order valence-electron chi connectivity index (χ3n) is 3.17. The van der Waals surface area contributed by atoms with Crippen LogP contribution in [-0.4, -0.2) is 5.11 Å². The molecule has 1 N–H and O–H groups in total. The summed E-state index contributed by atoms with van der Waals surface area (Å²) in [5.74, 6) is -0.702. The highest BCUT2D eigenvalue weighted by Crippen LogP contribution is 2.25. The minimum atomic E-state index is -1.54. The van der Waals surface area contributed by atoms with Gasteiger partial charge in [0.2, 0.25) is 0 Å². The molecule has 0 heterocycles. The molecule has 0 aliphatic carbocycles. The lowest BCUT2D eigenvalue weighted by Crippen LogP contribution is -2.17. The van der Waals surface area contributed by atoms with Crippen molar-refractivity contribution in [3.8, 4) is 0 Å². The van der Waals surface area contributed by atoms with Gasteiger partial charge in [0.1, 0.15) is 11.6 Å². The molecule has 2 unspecified atom stereocenters. The van der Waals surface area contributed by atoms with Gasteiger partial charge >= 0.3 is 0 Å². The summed E-state index contributed by atoms with van der Waals surface area (Å²) in [7, 11) is 0. The summed E-state index contributed by atoms with van der Waals surface area (Å²) < 4.78 is 25.7. The fraction of sp³-hybridized carbons (Fsp3) is 0.250. The Morgan fingerprint density at radius 2 is 1.43 bits per heavy atom. The summed E-state index contributed by atoms with van der Waals surface area (Å²) in [5.41, 5.74) is -0.309. The van der Waals surface area contributed by atoms with Crippen molar-refractivity contribution in [3.63, 3.8) is 0 Å². The largest absolute Gasteiger partial charge is 0.364 e. The first kappa shape index (κ1) is 15.3. The van der Waals surface area contributed by atoms with Crippen LogP contribution in [-0.2, 0) is 5.72 Å². The van der Waals surface area contributed by atoms with E-state index < -0.39 is 5.72 Å².